The Hall–Kier alpha value is -1.59. The first-order valence-electron chi connectivity index (χ1n) is 6.23. The molecule has 1 aromatic carbocycles. The van der Waals surface area contributed by atoms with Gasteiger partial charge in [0.1, 0.15) is 11.3 Å². The summed E-state index contributed by atoms with van der Waals surface area (Å²) in [6.07, 6.45) is 0. The SMILES string of the molecule is CCN(CCOC)Cc1ccc(C(=O)O)c(OC)c1. The Balaban J connectivity index is 2.81. The number of ether oxygens (including phenoxy) is 2. The van der Waals surface area contributed by atoms with Crippen molar-refractivity contribution in [3.05, 3.63) is 29.3 Å². The van der Waals surface area contributed by atoms with Crippen molar-refractivity contribution in [3.8, 4) is 5.75 Å². The predicted octanol–water partition coefficient (Wildman–Crippen LogP) is 1.86. The Morgan fingerprint density at radius 3 is 2.63 bits per heavy atom. The predicted molar refractivity (Wildman–Crippen MR) is 72.8 cm³/mol. The molecule has 19 heavy (non-hydrogen) atoms. The number of aromatic carboxylic acids is 1. The molecule has 0 bridgehead atoms. The Morgan fingerprint density at radius 1 is 1.37 bits per heavy atom. The van der Waals surface area contributed by atoms with E-state index in [0.717, 1.165) is 25.2 Å². The van der Waals surface area contributed by atoms with Gasteiger partial charge in [0.2, 0.25) is 0 Å². The molecule has 0 aliphatic rings. The fourth-order valence-corrected chi connectivity index (χ4v) is 1.84. The zero-order chi connectivity index (χ0) is 14.3. The van der Waals surface area contributed by atoms with Gasteiger partial charge in [-0.1, -0.05) is 13.0 Å². The second kappa shape index (κ2) is 7.76. The maximum atomic E-state index is 11.0. The molecule has 1 rings (SSSR count). The van der Waals surface area contributed by atoms with E-state index in [9.17, 15) is 4.79 Å². The van der Waals surface area contributed by atoms with E-state index in [4.69, 9.17) is 14.6 Å². The standard InChI is InChI=1S/C14H21NO4/c1-4-15(7-8-18-2)10-11-5-6-12(14(16)17)13(9-11)19-3/h5-6,9H,4,7-8,10H2,1-3H3,(H,16,17). The molecule has 5 nitrogen and oxygen atoms in total. The molecule has 0 saturated carbocycles. The van der Waals surface area contributed by atoms with Gasteiger partial charge < -0.3 is 14.6 Å². The van der Waals surface area contributed by atoms with Crippen LogP contribution < -0.4 is 4.74 Å². The highest BCUT2D eigenvalue weighted by molar-refractivity contribution is 5.90. The Labute approximate surface area is 113 Å². The first-order valence-corrected chi connectivity index (χ1v) is 6.23. The summed E-state index contributed by atoms with van der Waals surface area (Å²) in [5, 5.41) is 9.02. The number of carbonyl (C=O) groups is 1. The van der Waals surface area contributed by atoms with Crippen LogP contribution in [0, 0.1) is 0 Å². The summed E-state index contributed by atoms with van der Waals surface area (Å²) in [5.41, 5.74) is 1.21. The van der Waals surface area contributed by atoms with Gasteiger partial charge >= 0.3 is 5.97 Å². The Bertz CT molecular complexity index is 420. The van der Waals surface area contributed by atoms with Crippen LogP contribution in [0.2, 0.25) is 0 Å². The molecular weight excluding hydrogens is 246 g/mol. The van der Waals surface area contributed by atoms with E-state index in [2.05, 4.69) is 11.8 Å². The monoisotopic (exact) mass is 267 g/mol. The van der Waals surface area contributed by atoms with Crippen LogP contribution in [0.1, 0.15) is 22.8 Å². The van der Waals surface area contributed by atoms with Crippen molar-refractivity contribution >= 4 is 5.97 Å². The average Bonchev–Trinajstić information content (AvgIpc) is 2.42. The molecule has 0 saturated heterocycles. The molecule has 1 N–H and O–H groups in total. The Morgan fingerprint density at radius 2 is 2.11 bits per heavy atom. The fourth-order valence-electron chi connectivity index (χ4n) is 1.84. The molecule has 0 radical (unpaired) electrons. The summed E-state index contributed by atoms with van der Waals surface area (Å²) in [4.78, 5) is 13.2. The molecule has 5 heteroatoms. The summed E-state index contributed by atoms with van der Waals surface area (Å²) in [5.74, 6) is -0.581. The molecular formula is C14H21NO4. The summed E-state index contributed by atoms with van der Waals surface area (Å²) < 4.78 is 10.2. The number of benzene rings is 1. The first kappa shape index (κ1) is 15.5. The molecule has 0 aliphatic carbocycles. The van der Waals surface area contributed by atoms with E-state index in [1.807, 2.05) is 6.07 Å². The minimum Gasteiger partial charge on any atom is -0.496 e. The highest BCUT2D eigenvalue weighted by Gasteiger charge is 2.12. The molecule has 1 aromatic rings. The van der Waals surface area contributed by atoms with E-state index < -0.39 is 5.97 Å². The number of rotatable bonds is 8. The number of methoxy groups -OCH3 is 2. The third kappa shape index (κ3) is 4.54. The van der Waals surface area contributed by atoms with Crippen LogP contribution in [-0.2, 0) is 11.3 Å². The van der Waals surface area contributed by atoms with Gasteiger partial charge in [-0.3, -0.25) is 4.90 Å². The second-order valence-corrected chi connectivity index (χ2v) is 4.20. The molecule has 0 amide bonds. The molecule has 0 fully saturated rings. The molecule has 0 aromatic heterocycles. The van der Waals surface area contributed by atoms with Crippen LogP contribution in [0.25, 0.3) is 0 Å². The number of likely N-dealkylation sites (N-methyl/N-ethyl adjacent to an activating group) is 1. The second-order valence-electron chi connectivity index (χ2n) is 4.20. The van der Waals surface area contributed by atoms with E-state index in [1.54, 1.807) is 19.2 Å². The maximum Gasteiger partial charge on any atom is 0.339 e. The molecule has 0 unspecified atom stereocenters. The van der Waals surface area contributed by atoms with E-state index in [0.29, 0.717) is 12.4 Å². The van der Waals surface area contributed by atoms with Crippen molar-refractivity contribution in [1.82, 2.24) is 4.90 Å². The minimum atomic E-state index is -0.977. The summed E-state index contributed by atoms with van der Waals surface area (Å²) >= 11 is 0. The molecule has 0 aliphatic heterocycles. The van der Waals surface area contributed by atoms with Gasteiger partial charge in [0.15, 0.2) is 0 Å². The topological polar surface area (TPSA) is 59.0 Å². The van der Waals surface area contributed by atoms with Crippen LogP contribution in [0.15, 0.2) is 18.2 Å². The van der Waals surface area contributed by atoms with E-state index in [-0.39, 0.29) is 5.56 Å². The summed E-state index contributed by atoms with van der Waals surface area (Å²) in [7, 11) is 3.16. The number of nitrogens with zero attached hydrogens (tertiary/aromatic N) is 1. The lowest BCUT2D eigenvalue weighted by Crippen LogP contribution is -2.26. The van der Waals surface area contributed by atoms with Crippen LogP contribution in [0.3, 0.4) is 0 Å². The molecule has 0 atom stereocenters. The highest BCUT2D eigenvalue weighted by Crippen LogP contribution is 2.21. The molecule has 0 spiro atoms. The van der Waals surface area contributed by atoms with Crippen LogP contribution >= 0.6 is 0 Å². The van der Waals surface area contributed by atoms with Gasteiger partial charge in [-0.05, 0) is 24.2 Å². The zero-order valence-electron chi connectivity index (χ0n) is 11.7. The van der Waals surface area contributed by atoms with Gasteiger partial charge in [0.25, 0.3) is 0 Å². The number of hydrogen-bond donors (Lipinski definition) is 1. The van der Waals surface area contributed by atoms with Crippen molar-refractivity contribution in [2.24, 2.45) is 0 Å². The van der Waals surface area contributed by atoms with Crippen molar-refractivity contribution in [3.63, 3.8) is 0 Å². The van der Waals surface area contributed by atoms with Gasteiger partial charge in [-0.25, -0.2) is 4.79 Å². The third-order valence-corrected chi connectivity index (χ3v) is 2.96. The molecule has 106 valence electrons. The van der Waals surface area contributed by atoms with Gasteiger partial charge in [-0.15, -0.1) is 0 Å². The van der Waals surface area contributed by atoms with E-state index in [1.165, 1.54) is 7.11 Å². The van der Waals surface area contributed by atoms with Crippen LogP contribution in [0.4, 0.5) is 0 Å². The quantitative estimate of drug-likeness (QED) is 0.779. The largest absolute Gasteiger partial charge is 0.496 e. The first-order chi connectivity index (χ1) is 9.12. The highest BCUT2D eigenvalue weighted by atomic mass is 16.5. The van der Waals surface area contributed by atoms with Crippen LogP contribution in [0.5, 0.6) is 5.75 Å². The van der Waals surface area contributed by atoms with Crippen molar-refractivity contribution in [2.45, 2.75) is 13.5 Å². The smallest absolute Gasteiger partial charge is 0.339 e. The minimum absolute atomic E-state index is 0.186. The van der Waals surface area contributed by atoms with Crippen molar-refractivity contribution in [1.29, 1.82) is 0 Å². The number of carboxylic acids is 1. The molecule has 0 heterocycles. The van der Waals surface area contributed by atoms with Crippen molar-refractivity contribution < 1.29 is 19.4 Å². The lowest BCUT2D eigenvalue weighted by molar-refractivity contribution is 0.0693. The maximum absolute atomic E-state index is 11.0. The van der Waals surface area contributed by atoms with Crippen molar-refractivity contribution in [2.75, 3.05) is 33.9 Å². The third-order valence-electron chi connectivity index (χ3n) is 2.96. The van der Waals surface area contributed by atoms with Gasteiger partial charge in [0.05, 0.1) is 13.7 Å². The van der Waals surface area contributed by atoms with E-state index >= 15 is 0 Å². The average molecular weight is 267 g/mol. The van der Waals surface area contributed by atoms with Gasteiger partial charge in [0, 0.05) is 20.2 Å². The normalized spacial score (nSPS) is 10.7. The lowest BCUT2D eigenvalue weighted by atomic mass is 10.1. The lowest BCUT2D eigenvalue weighted by Gasteiger charge is -2.20. The Kier molecular flexibility index (Phi) is 6.32. The summed E-state index contributed by atoms with van der Waals surface area (Å²) in [6, 6.07) is 5.18. The summed E-state index contributed by atoms with van der Waals surface area (Å²) in [6.45, 7) is 5.26. The van der Waals surface area contributed by atoms with Gasteiger partial charge in [-0.2, -0.15) is 0 Å². The number of carboxylic acid groups (broad SMARTS) is 1. The fraction of sp³-hybridized carbons (Fsp3) is 0.500. The number of hydrogen-bond acceptors (Lipinski definition) is 4. The zero-order valence-corrected chi connectivity index (χ0v) is 11.7. The van der Waals surface area contributed by atoms with Crippen LogP contribution in [-0.4, -0.2) is 49.9 Å².